The Morgan fingerprint density at radius 3 is 0.905 bits per heavy atom. The zero-order valence-corrected chi connectivity index (χ0v) is 29.5. The van der Waals surface area contributed by atoms with Crippen molar-refractivity contribution >= 4 is 7.82 Å². The lowest BCUT2D eigenvalue weighted by Crippen LogP contribution is -2.27. The fourth-order valence-electron chi connectivity index (χ4n) is 6.02. The lowest BCUT2D eigenvalue weighted by molar-refractivity contribution is 0.193. The van der Waals surface area contributed by atoms with E-state index in [2.05, 4.69) is 23.3 Å². The van der Waals surface area contributed by atoms with E-state index < -0.39 is 7.82 Å². The zero-order chi connectivity index (χ0) is 30.8. The number of unbranched alkanes of at least 4 members (excludes halogenated alkanes) is 27. The number of rotatable bonds is 36. The van der Waals surface area contributed by atoms with E-state index >= 15 is 0 Å². The van der Waals surface area contributed by atoms with Crippen LogP contribution < -0.4 is 0 Å². The molecule has 0 fully saturated rings. The summed E-state index contributed by atoms with van der Waals surface area (Å²) in [7, 11) is -4.28. The fourth-order valence-corrected chi connectivity index (χ4v) is 6.38. The molecule has 0 spiro atoms. The van der Waals surface area contributed by atoms with E-state index in [1.54, 1.807) is 0 Å². The molecule has 0 amide bonds. The van der Waals surface area contributed by atoms with Crippen molar-refractivity contribution in [3.05, 3.63) is 0 Å². The van der Waals surface area contributed by atoms with Crippen LogP contribution >= 0.6 is 7.82 Å². The molecular formula is C36H76NO4P. The van der Waals surface area contributed by atoms with Crippen molar-refractivity contribution in [1.82, 2.24) is 4.90 Å². The molecule has 0 heterocycles. The summed E-state index contributed by atoms with van der Waals surface area (Å²) in [5, 5.41) is 0. The van der Waals surface area contributed by atoms with Gasteiger partial charge < -0.3 is 14.7 Å². The summed E-state index contributed by atoms with van der Waals surface area (Å²) in [6, 6.07) is 0. The van der Waals surface area contributed by atoms with Gasteiger partial charge in [0.25, 0.3) is 0 Å². The van der Waals surface area contributed by atoms with Crippen LogP contribution in [0.4, 0.5) is 0 Å². The van der Waals surface area contributed by atoms with E-state index in [-0.39, 0.29) is 6.61 Å². The minimum atomic E-state index is -4.28. The lowest BCUT2D eigenvalue weighted by atomic mass is 10.0. The SMILES string of the molecule is CCCCCCCCCCN(CCCCCCCCCC)CCCCCCCCCCCCCCCCOP(=O)(O)O. The first-order chi connectivity index (χ1) is 20.5. The summed E-state index contributed by atoms with van der Waals surface area (Å²) >= 11 is 0. The number of nitrogens with zero attached hydrogens (tertiary/aromatic N) is 1. The molecule has 0 aliphatic carbocycles. The van der Waals surface area contributed by atoms with E-state index in [0.717, 1.165) is 19.3 Å². The number of phosphoric ester groups is 1. The minimum Gasteiger partial charge on any atom is -0.303 e. The summed E-state index contributed by atoms with van der Waals surface area (Å²) in [5.74, 6) is 0. The van der Waals surface area contributed by atoms with Crippen molar-refractivity contribution in [2.45, 2.75) is 206 Å². The second-order valence-electron chi connectivity index (χ2n) is 13.1. The summed E-state index contributed by atoms with van der Waals surface area (Å²) in [5.41, 5.74) is 0. The van der Waals surface area contributed by atoms with Crippen LogP contribution in [0.3, 0.4) is 0 Å². The van der Waals surface area contributed by atoms with Crippen LogP contribution in [0.15, 0.2) is 0 Å². The van der Waals surface area contributed by atoms with Gasteiger partial charge in [-0.2, -0.15) is 0 Å². The predicted molar refractivity (Wildman–Crippen MR) is 184 cm³/mol. The molecule has 42 heavy (non-hydrogen) atoms. The molecule has 2 N–H and O–H groups in total. The Hall–Kier alpha value is 0.0700. The Bertz CT molecular complexity index is 537. The molecule has 0 aliphatic rings. The van der Waals surface area contributed by atoms with Gasteiger partial charge in [-0.1, -0.05) is 181 Å². The Morgan fingerprint density at radius 2 is 0.643 bits per heavy atom. The van der Waals surface area contributed by atoms with Crippen LogP contribution in [0.5, 0.6) is 0 Å². The van der Waals surface area contributed by atoms with Crippen molar-refractivity contribution < 1.29 is 18.9 Å². The van der Waals surface area contributed by atoms with Crippen LogP contribution in [0.1, 0.15) is 206 Å². The molecule has 0 bridgehead atoms. The maximum absolute atomic E-state index is 10.6. The van der Waals surface area contributed by atoms with Gasteiger partial charge >= 0.3 is 7.82 Å². The van der Waals surface area contributed by atoms with Crippen molar-refractivity contribution in [2.75, 3.05) is 26.2 Å². The standard InChI is InChI=1S/C36H76NO4P/c1-3-5-7-9-11-21-25-29-33-37(34-30-26-22-12-10-8-6-4-2)35-31-27-23-19-17-15-13-14-16-18-20-24-28-32-36-41-42(38,39)40/h3-36H2,1-2H3,(H2,38,39,40). The lowest BCUT2D eigenvalue weighted by Gasteiger charge is -2.22. The summed E-state index contributed by atoms with van der Waals surface area (Å²) in [6.45, 7) is 8.76. The van der Waals surface area contributed by atoms with Gasteiger partial charge in [-0.05, 0) is 45.3 Å². The monoisotopic (exact) mass is 618 g/mol. The third-order valence-electron chi connectivity index (χ3n) is 8.78. The first kappa shape index (κ1) is 42.1. The van der Waals surface area contributed by atoms with Gasteiger partial charge in [-0.15, -0.1) is 0 Å². The highest BCUT2D eigenvalue weighted by molar-refractivity contribution is 7.46. The summed E-state index contributed by atoms with van der Waals surface area (Å²) in [6.07, 6.45) is 40.6. The van der Waals surface area contributed by atoms with Crippen LogP contribution in [0, 0.1) is 0 Å². The molecule has 0 aromatic heterocycles. The number of phosphoric acid groups is 1. The van der Waals surface area contributed by atoms with Gasteiger partial charge in [0.2, 0.25) is 0 Å². The van der Waals surface area contributed by atoms with Gasteiger partial charge in [0, 0.05) is 0 Å². The van der Waals surface area contributed by atoms with Gasteiger partial charge in [-0.3, -0.25) is 4.52 Å². The molecule has 0 aromatic rings. The predicted octanol–water partition coefficient (Wildman–Crippen LogP) is 12.1. The molecule has 5 nitrogen and oxygen atoms in total. The molecule has 0 rings (SSSR count). The summed E-state index contributed by atoms with van der Waals surface area (Å²) < 4.78 is 15.1. The third-order valence-corrected chi connectivity index (χ3v) is 9.30. The Labute approximate surface area is 264 Å². The van der Waals surface area contributed by atoms with Gasteiger partial charge in [0.05, 0.1) is 6.61 Å². The van der Waals surface area contributed by atoms with E-state index in [4.69, 9.17) is 9.79 Å². The topological polar surface area (TPSA) is 70.0 Å². The molecule has 254 valence electrons. The second-order valence-corrected chi connectivity index (χ2v) is 14.3. The van der Waals surface area contributed by atoms with Crippen molar-refractivity contribution in [2.24, 2.45) is 0 Å². The maximum Gasteiger partial charge on any atom is 0.469 e. The molecule has 0 unspecified atom stereocenters. The quantitative estimate of drug-likeness (QED) is 0.0540. The van der Waals surface area contributed by atoms with E-state index in [9.17, 15) is 4.57 Å². The molecule has 0 aliphatic heterocycles. The molecule has 0 aromatic carbocycles. The van der Waals surface area contributed by atoms with Crippen molar-refractivity contribution in [3.8, 4) is 0 Å². The van der Waals surface area contributed by atoms with E-state index in [1.807, 2.05) is 0 Å². The van der Waals surface area contributed by atoms with Crippen molar-refractivity contribution in [3.63, 3.8) is 0 Å². The average molecular weight is 618 g/mol. The fraction of sp³-hybridized carbons (Fsp3) is 1.00. The summed E-state index contributed by atoms with van der Waals surface area (Å²) in [4.78, 5) is 20.1. The number of hydrogen-bond donors (Lipinski definition) is 2. The van der Waals surface area contributed by atoms with Gasteiger partial charge in [0.15, 0.2) is 0 Å². The smallest absolute Gasteiger partial charge is 0.303 e. The second kappa shape index (κ2) is 34.0. The highest BCUT2D eigenvalue weighted by Gasteiger charge is 2.12. The Morgan fingerprint density at radius 1 is 0.405 bits per heavy atom. The van der Waals surface area contributed by atoms with E-state index in [1.165, 1.54) is 193 Å². The van der Waals surface area contributed by atoms with Crippen LogP contribution in [0.2, 0.25) is 0 Å². The molecule has 0 atom stereocenters. The van der Waals surface area contributed by atoms with E-state index in [0.29, 0.717) is 0 Å². The Balaban J connectivity index is 3.73. The van der Waals surface area contributed by atoms with Crippen LogP contribution in [-0.2, 0) is 9.09 Å². The van der Waals surface area contributed by atoms with Gasteiger partial charge in [-0.25, -0.2) is 4.57 Å². The first-order valence-corrected chi connectivity index (χ1v) is 20.4. The molecular weight excluding hydrogens is 541 g/mol. The molecule has 6 heteroatoms. The minimum absolute atomic E-state index is 0.168. The molecule has 0 radical (unpaired) electrons. The highest BCUT2D eigenvalue weighted by Crippen LogP contribution is 2.35. The average Bonchev–Trinajstić information content (AvgIpc) is 2.96. The van der Waals surface area contributed by atoms with Crippen LogP contribution in [0.25, 0.3) is 0 Å². The highest BCUT2D eigenvalue weighted by atomic mass is 31.2. The van der Waals surface area contributed by atoms with Crippen molar-refractivity contribution in [1.29, 1.82) is 0 Å². The third kappa shape index (κ3) is 36.3. The first-order valence-electron chi connectivity index (χ1n) is 18.9. The molecule has 0 saturated heterocycles. The zero-order valence-electron chi connectivity index (χ0n) is 28.6. The largest absolute Gasteiger partial charge is 0.469 e. The normalized spacial score (nSPS) is 12.1. The number of hydrogen-bond acceptors (Lipinski definition) is 3. The van der Waals surface area contributed by atoms with Crippen LogP contribution in [-0.4, -0.2) is 40.9 Å². The Kier molecular flexibility index (Phi) is 34.0. The molecule has 0 saturated carbocycles. The van der Waals surface area contributed by atoms with Gasteiger partial charge in [0.1, 0.15) is 0 Å². The maximum atomic E-state index is 10.6.